The van der Waals surface area contributed by atoms with Crippen molar-refractivity contribution in [2.24, 2.45) is 0 Å². The highest BCUT2D eigenvalue weighted by Gasteiger charge is 2.34. The first-order chi connectivity index (χ1) is 13.8. The molecule has 0 aliphatic carbocycles. The minimum Gasteiger partial charge on any atom is -0.489 e. The van der Waals surface area contributed by atoms with Gasteiger partial charge in [0.25, 0.3) is 0 Å². The molecule has 1 heterocycles. The van der Waals surface area contributed by atoms with Crippen LogP contribution in [0.5, 0.6) is 5.75 Å². The van der Waals surface area contributed by atoms with Gasteiger partial charge in [-0.25, -0.2) is 4.79 Å². The quantitative estimate of drug-likeness (QED) is 0.731. The summed E-state index contributed by atoms with van der Waals surface area (Å²) in [6, 6.07) is 11.2. The Balaban J connectivity index is 1.72. The number of benzene rings is 2. The van der Waals surface area contributed by atoms with E-state index in [0.717, 1.165) is 17.8 Å². The second-order valence-corrected chi connectivity index (χ2v) is 6.82. The molecule has 1 aliphatic heterocycles. The van der Waals surface area contributed by atoms with Crippen molar-refractivity contribution in [3.05, 3.63) is 59.7 Å². The summed E-state index contributed by atoms with van der Waals surface area (Å²) < 4.78 is 49.6. The lowest BCUT2D eigenvalue weighted by Gasteiger charge is -2.26. The van der Waals surface area contributed by atoms with Crippen molar-refractivity contribution in [2.75, 3.05) is 24.7 Å². The van der Waals surface area contributed by atoms with Crippen LogP contribution in [0.25, 0.3) is 0 Å². The lowest BCUT2D eigenvalue weighted by Crippen LogP contribution is -2.33. The summed E-state index contributed by atoms with van der Waals surface area (Å²) in [7, 11) is 0. The fourth-order valence-electron chi connectivity index (χ4n) is 3.40. The molecule has 0 bridgehead atoms. The van der Waals surface area contributed by atoms with Crippen LogP contribution in [0, 0.1) is 0 Å². The predicted molar refractivity (Wildman–Crippen MR) is 102 cm³/mol. The van der Waals surface area contributed by atoms with Crippen LogP contribution in [0.4, 0.5) is 18.9 Å². The van der Waals surface area contributed by atoms with E-state index in [1.807, 2.05) is 6.92 Å². The van der Waals surface area contributed by atoms with Gasteiger partial charge in [-0.1, -0.05) is 0 Å². The first-order valence-electron chi connectivity index (χ1n) is 9.29. The third-order valence-electron chi connectivity index (χ3n) is 4.82. The molecule has 2 aromatic rings. The molecular formula is C21H22F3NO4. The third-order valence-corrected chi connectivity index (χ3v) is 4.82. The molecule has 1 fully saturated rings. The monoisotopic (exact) mass is 409 g/mol. The van der Waals surface area contributed by atoms with Crippen molar-refractivity contribution in [2.45, 2.75) is 31.7 Å². The van der Waals surface area contributed by atoms with E-state index in [1.54, 1.807) is 24.3 Å². The number of carboxylic acids is 1. The Morgan fingerprint density at radius 2 is 1.79 bits per heavy atom. The average Bonchev–Trinajstić information content (AvgIpc) is 3.08. The van der Waals surface area contributed by atoms with Crippen LogP contribution in [-0.2, 0) is 10.9 Å². The number of rotatable bonds is 7. The highest BCUT2D eigenvalue weighted by atomic mass is 19.4. The molecule has 0 amide bonds. The molecule has 0 radical (unpaired) electrons. The van der Waals surface area contributed by atoms with Crippen molar-refractivity contribution >= 4 is 11.7 Å². The van der Waals surface area contributed by atoms with Gasteiger partial charge in [-0.3, -0.25) is 0 Å². The molecule has 8 heteroatoms. The number of alkyl halides is 3. The van der Waals surface area contributed by atoms with Crippen LogP contribution < -0.4 is 9.64 Å². The summed E-state index contributed by atoms with van der Waals surface area (Å²) in [6.07, 6.45) is -3.97. The molecule has 0 aromatic heterocycles. The number of nitrogens with zero attached hydrogens (tertiary/aromatic N) is 1. The lowest BCUT2D eigenvalue weighted by atomic mass is 10.1. The minimum absolute atomic E-state index is 0.0186. The van der Waals surface area contributed by atoms with Crippen LogP contribution in [0.3, 0.4) is 0 Å². The Hall–Kier alpha value is -2.74. The minimum atomic E-state index is -4.38. The number of aromatic carboxylic acids is 1. The Morgan fingerprint density at radius 3 is 2.34 bits per heavy atom. The maximum Gasteiger partial charge on any atom is 0.416 e. The number of hydrogen-bond acceptors (Lipinski definition) is 4. The topological polar surface area (TPSA) is 59.0 Å². The standard InChI is InChI=1S/C21H22F3NO4/c1-2-28-13-17-11-19(29-18-9-5-15(6-10-18)21(22,23)24)12-25(17)16-7-3-14(4-8-16)20(26)27/h3-10,17,19H,2,11-13H2,1H3,(H,26,27)/t17-,19?/m0/s1. The maximum atomic E-state index is 12.7. The zero-order valence-electron chi connectivity index (χ0n) is 15.9. The lowest BCUT2D eigenvalue weighted by molar-refractivity contribution is -0.137. The Labute approximate surface area is 166 Å². The van der Waals surface area contributed by atoms with E-state index >= 15 is 0 Å². The molecule has 29 heavy (non-hydrogen) atoms. The molecule has 1 unspecified atom stereocenters. The largest absolute Gasteiger partial charge is 0.489 e. The van der Waals surface area contributed by atoms with E-state index in [1.165, 1.54) is 12.1 Å². The molecule has 2 atom stereocenters. The molecule has 0 saturated carbocycles. The van der Waals surface area contributed by atoms with Gasteiger partial charge >= 0.3 is 12.1 Å². The fourth-order valence-corrected chi connectivity index (χ4v) is 3.40. The normalized spacial score (nSPS) is 19.4. The number of ether oxygens (including phenoxy) is 2. The summed E-state index contributed by atoms with van der Waals surface area (Å²) in [5, 5.41) is 9.06. The summed E-state index contributed by atoms with van der Waals surface area (Å²) >= 11 is 0. The summed E-state index contributed by atoms with van der Waals surface area (Å²) in [5.74, 6) is -0.617. The van der Waals surface area contributed by atoms with Crippen molar-refractivity contribution in [1.29, 1.82) is 0 Å². The van der Waals surface area contributed by atoms with Gasteiger partial charge in [0.1, 0.15) is 11.9 Å². The molecule has 1 aliphatic rings. The predicted octanol–water partition coefficient (Wildman–Crippen LogP) is 4.47. The van der Waals surface area contributed by atoms with E-state index in [0.29, 0.717) is 31.9 Å². The Morgan fingerprint density at radius 1 is 1.14 bits per heavy atom. The van der Waals surface area contributed by atoms with Crippen LogP contribution in [-0.4, -0.2) is 43.0 Å². The maximum absolute atomic E-state index is 12.7. The number of hydrogen-bond donors (Lipinski definition) is 1. The molecule has 156 valence electrons. The van der Waals surface area contributed by atoms with Crippen LogP contribution in [0.1, 0.15) is 29.3 Å². The smallest absolute Gasteiger partial charge is 0.416 e. The first kappa shape index (κ1) is 21.0. The first-order valence-corrected chi connectivity index (χ1v) is 9.29. The van der Waals surface area contributed by atoms with Gasteiger partial charge in [0.15, 0.2) is 0 Å². The second kappa shape index (κ2) is 8.73. The fraction of sp³-hybridized carbons (Fsp3) is 0.381. The van der Waals surface area contributed by atoms with Crippen LogP contribution in [0.2, 0.25) is 0 Å². The number of carbonyl (C=O) groups is 1. The average molecular weight is 409 g/mol. The van der Waals surface area contributed by atoms with Gasteiger partial charge in [0, 0.05) is 18.7 Å². The van der Waals surface area contributed by atoms with Gasteiger partial charge in [0.05, 0.1) is 30.3 Å². The highest BCUT2D eigenvalue weighted by Crippen LogP contribution is 2.32. The second-order valence-electron chi connectivity index (χ2n) is 6.82. The van der Waals surface area contributed by atoms with Gasteiger partial charge < -0.3 is 19.5 Å². The summed E-state index contributed by atoms with van der Waals surface area (Å²) in [6.45, 7) is 3.46. The molecule has 5 nitrogen and oxygen atoms in total. The number of anilines is 1. The summed E-state index contributed by atoms with van der Waals surface area (Å²) in [4.78, 5) is 13.1. The van der Waals surface area contributed by atoms with Crippen LogP contribution >= 0.6 is 0 Å². The number of carboxylic acid groups (broad SMARTS) is 1. The molecule has 2 aromatic carbocycles. The highest BCUT2D eigenvalue weighted by molar-refractivity contribution is 5.88. The van der Waals surface area contributed by atoms with E-state index in [-0.39, 0.29) is 17.7 Å². The number of halogens is 3. The van der Waals surface area contributed by atoms with E-state index in [2.05, 4.69) is 4.90 Å². The summed E-state index contributed by atoms with van der Waals surface area (Å²) in [5.41, 5.74) is 0.329. The Kier molecular flexibility index (Phi) is 6.32. The third kappa shape index (κ3) is 5.20. The zero-order chi connectivity index (χ0) is 21.0. The molecular weight excluding hydrogens is 387 g/mol. The van der Waals surface area contributed by atoms with Crippen molar-refractivity contribution < 1.29 is 32.5 Å². The Bertz CT molecular complexity index is 821. The van der Waals surface area contributed by atoms with Gasteiger partial charge in [-0.05, 0) is 55.5 Å². The van der Waals surface area contributed by atoms with Crippen molar-refractivity contribution in [1.82, 2.24) is 0 Å². The molecule has 1 N–H and O–H groups in total. The zero-order valence-corrected chi connectivity index (χ0v) is 15.9. The molecule has 1 saturated heterocycles. The molecule has 3 rings (SSSR count). The van der Waals surface area contributed by atoms with Crippen molar-refractivity contribution in [3.8, 4) is 5.75 Å². The van der Waals surface area contributed by atoms with Crippen LogP contribution in [0.15, 0.2) is 48.5 Å². The van der Waals surface area contributed by atoms with E-state index < -0.39 is 17.7 Å². The van der Waals surface area contributed by atoms with Crippen molar-refractivity contribution in [3.63, 3.8) is 0 Å². The van der Waals surface area contributed by atoms with E-state index in [4.69, 9.17) is 14.6 Å². The van der Waals surface area contributed by atoms with Gasteiger partial charge in [-0.2, -0.15) is 13.2 Å². The van der Waals surface area contributed by atoms with E-state index in [9.17, 15) is 18.0 Å². The molecule has 0 spiro atoms. The van der Waals surface area contributed by atoms with Gasteiger partial charge in [-0.15, -0.1) is 0 Å². The SMILES string of the molecule is CCOC[C@@H]1CC(Oc2ccc(C(F)(F)F)cc2)CN1c1ccc(C(=O)O)cc1. The van der Waals surface area contributed by atoms with Gasteiger partial charge in [0.2, 0.25) is 0 Å².